The first-order valence-electron chi connectivity index (χ1n) is 12.4. The third-order valence-electron chi connectivity index (χ3n) is 6.74. The number of ether oxygens (including phenoxy) is 1. The maximum Gasteiger partial charge on any atom is 0.207 e. The van der Waals surface area contributed by atoms with Crippen molar-refractivity contribution in [2.75, 3.05) is 0 Å². The molecule has 0 fully saturated rings. The van der Waals surface area contributed by atoms with Gasteiger partial charge >= 0.3 is 0 Å². The lowest BCUT2D eigenvalue weighted by Crippen LogP contribution is -2.06. The van der Waals surface area contributed by atoms with Gasteiger partial charge in [-0.15, -0.1) is 11.3 Å². The Morgan fingerprint density at radius 2 is 1.69 bits per heavy atom. The van der Waals surface area contributed by atoms with Crippen molar-refractivity contribution in [3.05, 3.63) is 87.3 Å². The number of thiophene rings is 1. The molecule has 1 atom stereocenters. The zero-order chi connectivity index (χ0) is 25.1. The highest BCUT2D eigenvalue weighted by atomic mass is 32.1. The van der Waals surface area contributed by atoms with Crippen LogP contribution in [0.25, 0.3) is 10.1 Å². The van der Waals surface area contributed by atoms with Crippen LogP contribution >= 0.6 is 11.3 Å². The number of hydrogen-bond acceptors (Lipinski definition) is 4. The van der Waals surface area contributed by atoms with Crippen LogP contribution in [-0.2, 0) is 6.42 Å². The van der Waals surface area contributed by atoms with E-state index in [0.717, 1.165) is 39.1 Å². The summed E-state index contributed by atoms with van der Waals surface area (Å²) in [6.07, 6.45) is 4.70. The zero-order valence-corrected chi connectivity index (χ0v) is 22.1. The molecule has 4 aromatic rings. The van der Waals surface area contributed by atoms with Gasteiger partial charge in [0, 0.05) is 15.6 Å². The second-order valence-electron chi connectivity index (χ2n) is 9.70. The first-order valence-corrected chi connectivity index (χ1v) is 13.2. The van der Waals surface area contributed by atoms with Gasteiger partial charge in [-0.1, -0.05) is 56.5 Å². The van der Waals surface area contributed by atoms with Crippen molar-refractivity contribution in [3.8, 4) is 17.2 Å². The largest absolute Gasteiger partial charge is 0.508 e. The summed E-state index contributed by atoms with van der Waals surface area (Å²) >= 11 is 1.37. The number of carbonyl (C=O) groups excluding carboxylic acids is 1. The van der Waals surface area contributed by atoms with E-state index in [4.69, 9.17) is 4.74 Å². The van der Waals surface area contributed by atoms with Crippen LogP contribution in [0.1, 0.15) is 70.6 Å². The smallest absolute Gasteiger partial charge is 0.207 e. The highest BCUT2D eigenvalue weighted by Crippen LogP contribution is 2.43. The summed E-state index contributed by atoms with van der Waals surface area (Å²) in [5.41, 5.74) is 5.07. The van der Waals surface area contributed by atoms with Crippen molar-refractivity contribution in [2.24, 2.45) is 5.92 Å². The molecule has 0 bridgehead atoms. The minimum Gasteiger partial charge on any atom is -0.508 e. The molecule has 1 unspecified atom stereocenters. The Hall–Kier alpha value is -3.11. The lowest BCUT2D eigenvalue weighted by atomic mass is 9.95. The van der Waals surface area contributed by atoms with Crippen LogP contribution in [0.2, 0.25) is 0 Å². The summed E-state index contributed by atoms with van der Waals surface area (Å²) in [5.74, 6) is 2.15. The topological polar surface area (TPSA) is 46.5 Å². The molecule has 3 aromatic carbocycles. The Bertz CT molecular complexity index is 1320. The number of hydrogen-bond donors (Lipinski definition) is 1. The fourth-order valence-corrected chi connectivity index (χ4v) is 5.77. The van der Waals surface area contributed by atoms with E-state index >= 15 is 0 Å². The molecular weight excluding hydrogens is 452 g/mol. The van der Waals surface area contributed by atoms with Gasteiger partial charge in [0.2, 0.25) is 5.78 Å². The van der Waals surface area contributed by atoms with Gasteiger partial charge in [0.1, 0.15) is 16.4 Å². The number of aryl methyl sites for hydroxylation is 4. The number of rotatable bonds is 9. The van der Waals surface area contributed by atoms with E-state index in [9.17, 15) is 9.90 Å². The molecule has 4 rings (SSSR count). The lowest BCUT2D eigenvalue weighted by Gasteiger charge is -2.12. The minimum absolute atomic E-state index is 0.0441. The van der Waals surface area contributed by atoms with Crippen LogP contribution in [0.5, 0.6) is 17.2 Å². The summed E-state index contributed by atoms with van der Waals surface area (Å²) in [7, 11) is 0. The lowest BCUT2D eigenvalue weighted by molar-refractivity contribution is 0.103. The van der Waals surface area contributed by atoms with Crippen molar-refractivity contribution >= 4 is 27.2 Å². The molecule has 1 aromatic heterocycles. The monoisotopic (exact) mass is 486 g/mol. The average Bonchev–Trinajstić information content (AvgIpc) is 3.16. The normalized spacial score (nSPS) is 12.1. The van der Waals surface area contributed by atoms with E-state index in [0.29, 0.717) is 21.9 Å². The molecule has 0 radical (unpaired) electrons. The van der Waals surface area contributed by atoms with Gasteiger partial charge in [-0.3, -0.25) is 4.79 Å². The standard InChI is InChI=1S/C31H34O3S/c1-6-19(2)8-7-9-23-10-13-25(14-11-23)34-30-26-15-12-24(32)18-27(26)35-31(30)29(33)28-21(4)16-20(3)17-22(28)5/h10-19,32H,6-9H2,1-5H3. The summed E-state index contributed by atoms with van der Waals surface area (Å²) < 4.78 is 7.20. The number of benzene rings is 3. The maximum atomic E-state index is 13.8. The first-order chi connectivity index (χ1) is 16.8. The Morgan fingerprint density at radius 3 is 2.34 bits per heavy atom. The van der Waals surface area contributed by atoms with Crippen LogP contribution < -0.4 is 4.74 Å². The average molecular weight is 487 g/mol. The number of phenolic OH excluding ortho intramolecular Hbond substituents is 1. The maximum absolute atomic E-state index is 13.8. The molecule has 0 saturated heterocycles. The van der Waals surface area contributed by atoms with Gasteiger partial charge in [0.25, 0.3) is 0 Å². The van der Waals surface area contributed by atoms with E-state index in [1.165, 1.54) is 36.2 Å². The highest BCUT2D eigenvalue weighted by molar-refractivity contribution is 7.21. The highest BCUT2D eigenvalue weighted by Gasteiger charge is 2.24. The van der Waals surface area contributed by atoms with Crippen LogP contribution in [0.15, 0.2) is 54.6 Å². The molecule has 1 N–H and O–H groups in total. The van der Waals surface area contributed by atoms with Crippen LogP contribution in [0.4, 0.5) is 0 Å². The minimum atomic E-state index is -0.0441. The Labute approximate surface area is 212 Å². The van der Waals surface area contributed by atoms with Crippen molar-refractivity contribution in [1.29, 1.82) is 0 Å². The van der Waals surface area contributed by atoms with Gasteiger partial charge in [0.15, 0.2) is 5.75 Å². The third-order valence-corrected chi connectivity index (χ3v) is 7.87. The summed E-state index contributed by atoms with van der Waals surface area (Å²) in [6, 6.07) is 17.4. The first kappa shape index (κ1) is 25.0. The Morgan fingerprint density at radius 1 is 1.00 bits per heavy atom. The fraction of sp³-hybridized carbons (Fsp3) is 0.323. The van der Waals surface area contributed by atoms with Crippen molar-refractivity contribution < 1.29 is 14.6 Å². The molecular formula is C31H34O3S. The predicted octanol–water partition coefficient (Wildman–Crippen LogP) is 8.92. The molecule has 0 aliphatic carbocycles. The number of phenols is 1. The van der Waals surface area contributed by atoms with Crippen LogP contribution in [0.3, 0.4) is 0 Å². The van der Waals surface area contributed by atoms with Gasteiger partial charge in [0.05, 0.1) is 0 Å². The van der Waals surface area contributed by atoms with E-state index in [-0.39, 0.29) is 11.5 Å². The summed E-state index contributed by atoms with van der Waals surface area (Å²) in [5, 5.41) is 10.9. The second-order valence-corrected chi connectivity index (χ2v) is 10.7. The number of fused-ring (bicyclic) bond motifs is 1. The predicted molar refractivity (Wildman–Crippen MR) is 146 cm³/mol. The summed E-state index contributed by atoms with van der Waals surface area (Å²) in [6.45, 7) is 10.5. The molecule has 0 spiro atoms. The fourth-order valence-electron chi connectivity index (χ4n) is 4.66. The Kier molecular flexibility index (Phi) is 7.61. The number of ketones is 1. The van der Waals surface area contributed by atoms with Gasteiger partial charge in [-0.2, -0.15) is 0 Å². The molecule has 3 nitrogen and oxygen atoms in total. The molecule has 35 heavy (non-hydrogen) atoms. The molecule has 0 saturated carbocycles. The SMILES string of the molecule is CCC(C)CCCc1ccc(Oc2c(C(=O)c3c(C)cc(C)cc3C)sc3cc(O)ccc23)cc1. The van der Waals surface area contributed by atoms with E-state index in [1.807, 2.05) is 51.1 Å². The van der Waals surface area contributed by atoms with Gasteiger partial charge < -0.3 is 9.84 Å². The third kappa shape index (κ3) is 5.59. The van der Waals surface area contributed by atoms with Crippen molar-refractivity contribution in [1.82, 2.24) is 0 Å². The molecule has 0 aliphatic rings. The van der Waals surface area contributed by atoms with E-state index < -0.39 is 0 Å². The number of carbonyl (C=O) groups is 1. The van der Waals surface area contributed by atoms with Crippen molar-refractivity contribution in [3.63, 3.8) is 0 Å². The van der Waals surface area contributed by atoms with Crippen LogP contribution in [0, 0.1) is 26.7 Å². The second kappa shape index (κ2) is 10.7. The molecule has 0 aliphatic heterocycles. The molecule has 1 heterocycles. The quantitative estimate of drug-likeness (QED) is 0.240. The molecule has 0 amide bonds. The van der Waals surface area contributed by atoms with E-state index in [1.54, 1.807) is 12.1 Å². The zero-order valence-electron chi connectivity index (χ0n) is 21.3. The van der Waals surface area contributed by atoms with E-state index in [2.05, 4.69) is 26.0 Å². The van der Waals surface area contributed by atoms with Crippen LogP contribution in [-0.4, -0.2) is 10.9 Å². The summed E-state index contributed by atoms with van der Waals surface area (Å²) in [4.78, 5) is 14.3. The Balaban J connectivity index is 1.66. The molecule has 182 valence electrons. The van der Waals surface area contributed by atoms with Crippen molar-refractivity contribution in [2.45, 2.75) is 60.3 Å². The van der Waals surface area contributed by atoms with Gasteiger partial charge in [-0.25, -0.2) is 0 Å². The molecule has 4 heteroatoms. The van der Waals surface area contributed by atoms with Gasteiger partial charge in [-0.05, 0) is 86.6 Å². The number of aromatic hydroxyl groups is 1.